The van der Waals surface area contributed by atoms with E-state index >= 15 is 0 Å². The summed E-state index contributed by atoms with van der Waals surface area (Å²) in [6.07, 6.45) is 0. The Balaban J connectivity index is 2.50. The summed E-state index contributed by atoms with van der Waals surface area (Å²) < 4.78 is 9.48. The Morgan fingerprint density at radius 2 is 2.45 bits per heavy atom. The summed E-state index contributed by atoms with van der Waals surface area (Å²) in [5, 5.41) is 0. The minimum Gasteiger partial charge on any atom is -0.374 e. The smallest absolute Gasteiger partial charge is 0.190 e. The van der Waals surface area contributed by atoms with Crippen LogP contribution in [0.2, 0.25) is 0 Å². The lowest BCUT2D eigenvalue weighted by molar-refractivity contribution is 0.187. The van der Waals surface area contributed by atoms with Gasteiger partial charge in [0.25, 0.3) is 0 Å². The van der Waals surface area contributed by atoms with Gasteiger partial charge < -0.3 is 4.74 Å². The Bertz CT molecular complexity index is 239. The first-order chi connectivity index (χ1) is 5.24. The van der Waals surface area contributed by atoms with Gasteiger partial charge in [0.05, 0.1) is 9.64 Å². The van der Waals surface area contributed by atoms with E-state index in [1.807, 2.05) is 6.92 Å². The van der Waals surface area contributed by atoms with Gasteiger partial charge in [-0.05, 0) is 18.1 Å². The molecule has 1 aliphatic heterocycles. The van der Waals surface area contributed by atoms with Crippen molar-refractivity contribution in [1.29, 1.82) is 0 Å². The van der Waals surface area contributed by atoms with Gasteiger partial charge in [0.2, 0.25) is 0 Å². The van der Waals surface area contributed by atoms with E-state index < -0.39 is 9.64 Å². The van der Waals surface area contributed by atoms with Gasteiger partial charge in [-0.2, -0.15) is 4.40 Å². The first-order valence-electron chi connectivity index (χ1n) is 3.05. The molecule has 0 aliphatic carbocycles. The number of amidine groups is 1. The van der Waals surface area contributed by atoms with Crippen molar-refractivity contribution < 1.29 is 4.74 Å². The van der Waals surface area contributed by atoms with Gasteiger partial charge in [0.15, 0.2) is 10.3 Å². The first-order valence-corrected chi connectivity index (χ1v) is 5.54. The quantitative estimate of drug-likeness (QED) is 0.697. The minimum atomic E-state index is -0.644. The zero-order valence-electron chi connectivity index (χ0n) is 5.91. The van der Waals surface area contributed by atoms with Crippen molar-refractivity contribution >= 4 is 42.8 Å². The van der Waals surface area contributed by atoms with E-state index in [1.165, 1.54) is 0 Å². The fourth-order valence-corrected chi connectivity index (χ4v) is 1.66. The molecule has 3 nitrogen and oxygen atoms in total. The van der Waals surface area contributed by atoms with Gasteiger partial charge in [0.1, 0.15) is 6.61 Å². The summed E-state index contributed by atoms with van der Waals surface area (Å²) >= 11 is 10.5. The highest BCUT2D eigenvalue weighted by Gasteiger charge is 2.11. The lowest BCUT2D eigenvalue weighted by Gasteiger charge is -1.94. The standard InChI is InChI=1S/C5H7ClN2OS2/c1-2-9-3-4-7-5(6)11(10)8-4/h2-3H2,1H3. The molecule has 0 bridgehead atoms. The second-order valence-electron chi connectivity index (χ2n) is 1.76. The zero-order valence-corrected chi connectivity index (χ0v) is 8.30. The molecule has 1 heterocycles. The van der Waals surface area contributed by atoms with Gasteiger partial charge in [0, 0.05) is 6.61 Å². The summed E-state index contributed by atoms with van der Waals surface area (Å²) in [4.78, 5) is 3.92. The van der Waals surface area contributed by atoms with Crippen LogP contribution in [0.3, 0.4) is 0 Å². The van der Waals surface area contributed by atoms with Crippen molar-refractivity contribution in [2.75, 3.05) is 13.2 Å². The van der Waals surface area contributed by atoms with Gasteiger partial charge in [-0.15, -0.1) is 0 Å². The van der Waals surface area contributed by atoms with E-state index in [0.29, 0.717) is 23.6 Å². The van der Waals surface area contributed by atoms with Crippen LogP contribution in [0.5, 0.6) is 0 Å². The fraction of sp³-hybridized carbons (Fsp3) is 0.600. The number of aliphatic imine (C=N–C) groups is 1. The molecule has 0 saturated heterocycles. The minimum absolute atomic E-state index is 0.398. The van der Waals surface area contributed by atoms with E-state index in [4.69, 9.17) is 27.5 Å². The van der Waals surface area contributed by atoms with Crippen LogP contribution < -0.4 is 0 Å². The van der Waals surface area contributed by atoms with Crippen molar-refractivity contribution in [2.45, 2.75) is 6.92 Å². The molecule has 1 rings (SSSR count). The molecule has 0 radical (unpaired) electrons. The van der Waals surface area contributed by atoms with E-state index in [9.17, 15) is 0 Å². The lowest BCUT2D eigenvalue weighted by atomic mass is 10.6. The van der Waals surface area contributed by atoms with Crippen LogP contribution in [0.1, 0.15) is 6.92 Å². The second kappa shape index (κ2) is 4.25. The summed E-state index contributed by atoms with van der Waals surface area (Å²) in [5.41, 5.74) is 0. The van der Waals surface area contributed by atoms with Gasteiger partial charge >= 0.3 is 0 Å². The number of hydrogen-bond donors (Lipinski definition) is 0. The molecule has 11 heavy (non-hydrogen) atoms. The average molecular weight is 211 g/mol. The lowest BCUT2D eigenvalue weighted by Crippen LogP contribution is -2.03. The predicted octanol–water partition coefficient (Wildman–Crippen LogP) is 1.02. The summed E-state index contributed by atoms with van der Waals surface area (Å²) in [6.45, 7) is 2.97. The maximum absolute atomic E-state index is 5.62. The maximum atomic E-state index is 5.62. The predicted molar refractivity (Wildman–Crippen MR) is 51.9 cm³/mol. The third-order valence-corrected chi connectivity index (χ3v) is 3.24. The Morgan fingerprint density at radius 1 is 1.73 bits per heavy atom. The summed E-state index contributed by atoms with van der Waals surface area (Å²) in [6, 6.07) is 0. The Hall–Kier alpha value is 0.160. The zero-order chi connectivity index (χ0) is 8.27. The molecule has 0 amide bonds. The molecular formula is C5H7ClN2OS2. The van der Waals surface area contributed by atoms with Crippen molar-refractivity contribution in [3.8, 4) is 0 Å². The molecule has 0 aromatic rings. The third-order valence-electron chi connectivity index (χ3n) is 0.985. The van der Waals surface area contributed by atoms with Gasteiger partial charge in [-0.25, -0.2) is 4.99 Å². The normalized spacial score (nSPS) is 23.3. The molecule has 0 aromatic heterocycles. The Morgan fingerprint density at radius 3 is 2.91 bits per heavy atom. The Kier molecular flexibility index (Phi) is 3.58. The Labute approximate surface area is 77.2 Å². The summed E-state index contributed by atoms with van der Waals surface area (Å²) in [7, 11) is -0.644. The molecule has 6 heteroatoms. The largest absolute Gasteiger partial charge is 0.374 e. The molecule has 0 N–H and O–H groups in total. The van der Waals surface area contributed by atoms with Crippen LogP contribution in [0.15, 0.2) is 9.39 Å². The maximum Gasteiger partial charge on any atom is 0.190 e. The highest BCUT2D eigenvalue weighted by Crippen LogP contribution is 2.06. The fourth-order valence-electron chi connectivity index (χ4n) is 0.546. The number of nitrogens with zero attached hydrogens (tertiary/aromatic N) is 2. The van der Waals surface area contributed by atoms with E-state index in [-0.39, 0.29) is 0 Å². The molecule has 0 spiro atoms. The van der Waals surface area contributed by atoms with Crippen LogP contribution in [-0.2, 0) is 25.6 Å². The molecule has 0 saturated carbocycles. The van der Waals surface area contributed by atoms with Crippen LogP contribution in [0.25, 0.3) is 0 Å². The topological polar surface area (TPSA) is 34.0 Å². The number of rotatable bonds is 3. The van der Waals surface area contributed by atoms with Gasteiger partial charge in [-0.3, -0.25) is 0 Å². The number of hydrogen-bond acceptors (Lipinski definition) is 3. The SMILES string of the molecule is CCOCC1=NS(=S)C(Cl)=N1. The molecule has 0 aromatic carbocycles. The van der Waals surface area contributed by atoms with Crippen LogP contribution in [0, 0.1) is 0 Å². The molecule has 0 fully saturated rings. The molecule has 1 aliphatic rings. The first kappa shape index (κ1) is 9.25. The van der Waals surface area contributed by atoms with Crippen molar-refractivity contribution in [1.82, 2.24) is 0 Å². The molecule has 1 atom stereocenters. The highest BCUT2D eigenvalue weighted by atomic mass is 35.5. The van der Waals surface area contributed by atoms with Crippen LogP contribution in [-0.4, -0.2) is 23.6 Å². The number of ether oxygens (including phenoxy) is 1. The molecule has 1 unspecified atom stereocenters. The van der Waals surface area contributed by atoms with Crippen molar-refractivity contribution in [2.24, 2.45) is 9.39 Å². The van der Waals surface area contributed by atoms with Crippen molar-refractivity contribution in [3.63, 3.8) is 0 Å². The monoisotopic (exact) mass is 210 g/mol. The van der Waals surface area contributed by atoms with Crippen LogP contribution >= 0.6 is 11.6 Å². The number of halogens is 1. The average Bonchev–Trinajstić information content (AvgIpc) is 2.28. The molecular weight excluding hydrogens is 204 g/mol. The third kappa shape index (κ3) is 2.59. The molecule has 62 valence electrons. The van der Waals surface area contributed by atoms with E-state index in [0.717, 1.165) is 0 Å². The van der Waals surface area contributed by atoms with E-state index in [2.05, 4.69) is 9.39 Å². The highest BCUT2D eigenvalue weighted by molar-refractivity contribution is 8.38. The summed E-state index contributed by atoms with van der Waals surface area (Å²) in [5.74, 6) is 0.607. The van der Waals surface area contributed by atoms with Crippen LogP contribution in [0.4, 0.5) is 0 Å². The van der Waals surface area contributed by atoms with Crippen molar-refractivity contribution in [3.05, 3.63) is 0 Å². The van der Waals surface area contributed by atoms with E-state index in [1.54, 1.807) is 0 Å². The van der Waals surface area contributed by atoms with Gasteiger partial charge in [-0.1, -0.05) is 11.6 Å². The second-order valence-corrected chi connectivity index (χ2v) is 4.36.